The molecule has 126 valence electrons. The van der Waals surface area contributed by atoms with Crippen molar-refractivity contribution in [3.8, 4) is 0 Å². The van der Waals surface area contributed by atoms with E-state index in [9.17, 15) is 4.79 Å². The zero-order valence-corrected chi connectivity index (χ0v) is 14.8. The summed E-state index contributed by atoms with van der Waals surface area (Å²) < 4.78 is 0. The first-order valence-corrected chi connectivity index (χ1v) is 8.72. The average Bonchev–Trinajstić information content (AvgIpc) is 2.58. The van der Waals surface area contributed by atoms with Crippen molar-refractivity contribution in [1.29, 1.82) is 0 Å². The van der Waals surface area contributed by atoms with Crippen molar-refractivity contribution >= 4 is 11.6 Å². The molecule has 1 atom stereocenters. The van der Waals surface area contributed by atoms with Gasteiger partial charge < -0.3 is 10.2 Å². The van der Waals surface area contributed by atoms with E-state index in [1.54, 1.807) is 0 Å². The maximum atomic E-state index is 12.7. The van der Waals surface area contributed by atoms with Gasteiger partial charge in [-0.2, -0.15) is 0 Å². The first-order valence-electron chi connectivity index (χ1n) is 8.72. The molecule has 3 heteroatoms. The minimum atomic E-state index is 0.140. The zero-order valence-electron chi connectivity index (χ0n) is 14.8. The summed E-state index contributed by atoms with van der Waals surface area (Å²) in [7, 11) is 0. The standard InChI is InChI=1S/C21H26N2O/c1-15-6-9-18(10-7-15)21(24)23-12-4-5-20(14-23)22-19-11-8-16(2)17(3)13-19/h6-11,13,20,22H,4-5,12,14H2,1-3H3/t20-/m1/s1. The monoisotopic (exact) mass is 322 g/mol. The van der Waals surface area contributed by atoms with Crippen LogP contribution in [-0.2, 0) is 0 Å². The summed E-state index contributed by atoms with van der Waals surface area (Å²) in [6.07, 6.45) is 2.14. The van der Waals surface area contributed by atoms with Gasteiger partial charge in [-0.1, -0.05) is 23.8 Å². The summed E-state index contributed by atoms with van der Waals surface area (Å²) in [5.74, 6) is 0.140. The number of benzene rings is 2. The van der Waals surface area contributed by atoms with Crippen LogP contribution in [0.15, 0.2) is 42.5 Å². The lowest BCUT2D eigenvalue weighted by Crippen LogP contribution is -2.45. The largest absolute Gasteiger partial charge is 0.381 e. The van der Waals surface area contributed by atoms with Gasteiger partial charge in [0.25, 0.3) is 5.91 Å². The number of hydrogen-bond donors (Lipinski definition) is 1. The number of hydrogen-bond acceptors (Lipinski definition) is 2. The second-order valence-electron chi connectivity index (χ2n) is 6.90. The molecule has 1 amide bonds. The molecule has 2 aromatic rings. The van der Waals surface area contributed by atoms with Gasteiger partial charge in [-0.25, -0.2) is 0 Å². The highest BCUT2D eigenvalue weighted by Crippen LogP contribution is 2.20. The van der Waals surface area contributed by atoms with Crippen LogP contribution in [-0.4, -0.2) is 29.9 Å². The number of nitrogens with one attached hydrogen (secondary N) is 1. The van der Waals surface area contributed by atoms with Gasteiger partial charge >= 0.3 is 0 Å². The number of aryl methyl sites for hydroxylation is 3. The van der Waals surface area contributed by atoms with Gasteiger partial charge in [0.2, 0.25) is 0 Å². The first kappa shape index (κ1) is 16.6. The fraction of sp³-hybridized carbons (Fsp3) is 0.381. The maximum Gasteiger partial charge on any atom is 0.253 e. The molecule has 0 saturated carbocycles. The molecule has 3 rings (SSSR count). The molecule has 0 unspecified atom stereocenters. The average molecular weight is 322 g/mol. The Labute approximate surface area is 144 Å². The van der Waals surface area contributed by atoms with Crippen LogP contribution in [0.3, 0.4) is 0 Å². The van der Waals surface area contributed by atoms with Gasteiger partial charge in [0.05, 0.1) is 0 Å². The van der Waals surface area contributed by atoms with Crippen LogP contribution < -0.4 is 5.32 Å². The molecule has 1 aliphatic rings. The summed E-state index contributed by atoms with van der Waals surface area (Å²) in [6.45, 7) is 7.91. The van der Waals surface area contributed by atoms with Crippen LogP contribution in [0.25, 0.3) is 0 Å². The summed E-state index contributed by atoms with van der Waals surface area (Å²) in [5.41, 5.74) is 5.71. The Hall–Kier alpha value is -2.29. The van der Waals surface area contributed by atoms with Crippen molar-refractivity contribution < 1.29 is 4.79 Å². The predicted molar refractivity (Wildman–Crippen MR) is 99.6 cm³/mol. The van der Waals surface area contributed by atoms with Crippen molar-refractivity contribution in [1.82, 2.24) is 4.90 Å². The van der Waals surface area contributed by atoms with E-state index >= 15 is 0 Å². The van der Waals surface area contributed by atoms with Crippen LogP contribution in [0.2, 0.25) is 0 Å². The van der Waals surface area contributed by atoms with Gasteiger partial charge in [0.15, 0.2) is 0 Å². The number of rotatable bonds is 3. The topological polar surface area (TPSA) is 32.3 Å². The van der Waals surface area contributed by atoms with Crippen LogP contribution >= 0.6 is 0 Å². The van der Waals surface area contributed by atoms with E-state index in [2.05, 4.69) is 37.4 Å². The van der Waals surface area contributed by atoms with E-state index in [4.69, 9.17) is 0 Å². The smallest absolute Gasteiger partial charge is 0.253 e. The summed E-state index contributed by atoms with van der Waals surface area (Å²) >= 11 is 0. The summed E-state index contributed by atoms with van der Waals surface area (Å²) in [6, 6.07) is 14.6. The Balaban J connectivity index is 1.66. The number of carbonyl (C=O) groups excluding carboxylic acids is 1. The van der Waals surface area contributed by atoms with Crippen molar-refractivity contribution in [2.75, 3.05) is 18.4 Å². The van der Waals surface area contributed by atoms with Gasteiger partial charge in [-0.15, -0.1) is 0 Å². The van der Waals surface area contributed by atoms with Crippen molar-refractivity contribution in [3.63, 3.8) is 0 Å². The third-order valence-corrected chi connectivity index (χ3v) is 4.88. The van der Waals surface area contributed by atoms with Gasteiger partial charge in [-0.3, -0.25) is 4.79 Å². The van der Waals surface area contributed by atoms with Crippen molar-refractivity contribution in [3.05, 3.63) is 64.7 Å². The fourth-order valence-corrected chi connectivity index (χ4v) is 3.23. The number of likely N-dealkylation sites (tertiary alicyclic amines) is 1. The molecule has 3 nitrogen and oxygen atoms in total. The Morgan fingerprint density at radius 2 is 1.79 bits per heavy atom. The van der Waals surface area contributed by atoms with E-state index in [-0.39, 0.29) is 5.91 Å². The molecule has 1 aliphatic heterocycles. The molecular formula is C21H26N2O. The highest BCUT2D eigenvalue weighted by Gasteiger charge is 2.24. The normalized spacial score (nSPS) is 17.6. The fourth-order valence-electron chi connectivity index (χ4n) is 3.23. The van der Waals surface area contributed by atoms with E-state index in [0.29, 0.717) is 6.04 Å². The molecule has 2 aromatic carbocycles. The quantitative estimate of drug-likeness (QED) is 0.912. The number of anilines is 1. The number of amides is 1. The Kier molecular flexibility index (Phi) is 4.89. The molecule has 0 aromatic heterocycles. The van der Waals surface area contributed by atoms with Crippen molar-refractivity contribution in [2.24, 2.45) is 0 Å². The van der Waals surface area contributed by atoms with Crippen LogP contribution in [0.4, 0.5) is 5.69 Å². The van der Waals surface area contributed by atoms with Gasteiger partial charge in [-0.05, 0) is 69.0 Å². The molecule has 1 saturated heterocycles. The molecule has 0 bridgehead atoms. The maximum absolute atomic E-state index is 12.7. The predicted octanol–water partition coefficient (Wildman–Crippen LogP) is 4.33. The van der Waals surface area contributed by atoms with Crippen LogP contribution in [0, 0.1) is 20.8 Å². The second-order valence-corrected chi connectivity index (χ2v) is 6.90. The Morgan fingerprint density at radius 3 is 2.50 bits per heavy atom. The SMILES string of the molecule is Cc1ccc(C(=O)N2CCC[C@@H](Nc3ccc(C)c(C)c3)C2)cc1. The molecule has 0 radical (unpaired) electrons. The number of carbonyl (C=O) groups is 1. The van der Waals surface area contributed by atoms with Crippen molar-refractivity contribution in [2.45, 2.75) is 39.7 Å². The molecule has 24 heavy (non-hydrogen) atoms. The third-order valence-electron chi connectivity index (χ3n) is 4.88. The van der Waals surface area contributed by atoms with E-state index < -0.39 is 0 Å². The molecule has 0 aliphatic carbocycles. The molecule has 1 heterocycles. The number of piperidine rings is 1. The van der Waals surface area contributed by atoms with E-state index in [0.717, 1.165) is 37.2 Å². The lowest BCUT2D eigenvalue weighted by Gasteiger charge is -2.34. The van der Waals surface area contributed by atoms with Crippen LogP contribution in [0.1, 0.15) is 39.9 Å². The van der Waals surface area contributed by atoms with E-state index in [1.165, 1.54) is 16.7 Å². The molecule has 1 fully saturated rings. The third kappa shape index (κ3) is 3.78. The zero-order chi connectivity index (χ0) is 17.1. The lowest BCUT2D eigenvalue weighted by atomic mass is 10.0. The Bertz CT molecular complexity index is 721. The molecule has 0 spiro atoms. The minimum Gasteiger partial charge on any atom is -0.381 e. The lowest BCUT2D eigenvalue weighted by molar-refractivity contribution is 0.0715. The van der Waals surface area contributed by atoms with Gasteiger partial charge in [0, 0.05) is 30.4 Å². The van der Waals surface area contributed by atoms with Crippen LogP contribution in [0.5, 0.6) is 0 Å². The Morgan fingerprint density at radius 1 is 1.04 bits per heavy atom. The summed E-state index contributed by atoms with van der Waals surface area (Å²) in [5, 5.41) is 3.60. The molecule has 1 N–H and O–H groups in total. The summed E-state index contributed by atoms with van der Waals surface area (Å²) in [4.78, 5) is 14.7. The molecular weight excluding hydrogens is 296 g/mol. The minimum absolute atomic E-state index is 0.140. The van der Waals surface area contributed by atoms with Gasteiger partial charge in [0.1, 0.15) is 0 Å². The second kappa shape index (κ2) is 7.08. The first-order chi connectivity index (χ1) is 11.5. The highest BCUT2D eigenvalue weighted by atomic mass is 16.2. The number of nitrogens with zero attached hydrogens (tertiary/aromatic N) is 1. The highest BCUT2D eigenvalue weighted by molar-refractivity contribution is 5.94. The van der Waals surface area contributed by atoms with E-state index in [1.807, 2.05) is 36.1 Å².